The van der Waals surface area contributed by atoms with Crippen LogP contribution >= 0.6 is 0 Å². The van der Waals surface area contributed by atoms with Gasteiger partial charge < -0.3 is 9.84 Å². The highest BCUT2D eigenvalue weighted by atomic mass is 16.5. The molecule has 118 valence electrons. The fourth-order valence-electron chi connectivity index (χ4n) is 2.06. The number of benzene rings is 2. The number of carbonyl (C=O) groups excluding carboxylic acids is 1. The van der Waals surface area contributed by atoms with Crippen LogP contribution in [-0.4, -0.2) is 11.1 Å². The lowest BCUT2D eigenvalue weighted by Gasteiger charge is -2.20. The Labute approximate surface area is 131 Å². The molecule has 0 saturated carbocycles. The highest BCUT2D eigenvalue weighted by Gasteiger charge is 2.27. The summed E-state index contributed by atoms with van der Waals surface area (Å²) >= 11 is 0. The van der Waals surface area contributed by atoms with Gasteiger partial charge in [0.05, 0.1) is 11.0 Å². The van der Waals surface area contributed by atoms with E-state index in [2.05, 4.69) is 0 Å². The van der Waals surface area contributed by atoms with E-state index < -0.39 is 11.0 Å². The lowest BCUT2D eigenvalue weighted by atomic mass is 9.91. The second kappa shape index (κ2) is 5.73. The molecule has 3 nitrogen and oxygen atoms in total. The summed E-state index contributed by atoms with van der Waals surface area (Å²) in [4.78, 5) is 12.1. The number of hydrogen-bond donors (Lipinski definition) is 1. The third kappa shape index (κ3) is 3.47. The Morgan fingerprint density at radius 2 is 1.64 bits per heavy atom. The van der Waals surface area contributed by atoms with Gasteiger partial charge in [0.2, 0.25) is 0 Å². The van der Waals surface area contributed by atoms with Gasteiger partial charge in [-0.1, -0.05) is 25.1 Å². The molecular formula is C19H24O3. The zero-order valence-corrected chi connectivity index (χ0v) is 13.9. The summed E-state index contributed by atoms with van der Waals surface area (Å²) < 4.78 is 5.49. The lowest BCUT2D eigenvalue weighted by Crippen LogP contribution is -2.28. The topological polar surface area (TPSA) is 46.5 Å². The van der Waals surface area contributed by atoms with Crippen molar-refractivity contribution in [3.05, 3.63) is 42.0 Å². The van der Waals surface area contributed by atoms with Gasteiger partial charge >= 0.3 is 5.97 Å². The van der Waals surface area contributed by atoms with Gasteiger partial charge in [0, 0.05) is 0 Å². The van der Waals surface area contributed by atoms with E-state index >= 15 is 0 Å². The van der Waals surface area contributed by atoms with Crippen molar-refractivity contribution in [1.82, 2.24) is 0 Å². The number of ether oxygens (including phenoxy) is 1. The van der Waals surface area contributed by atoms with Crippen LogP contribution in [0, 0.1) is 5.41 Å². The smallest absolute Gasteiger partial charge is 0.316 e. The molecule has 2 rings (SSSR count). The summed E-state index contributed by atoms with van der Waals surface area (Å²) in [5.41, 5.74) is -0.499. The highest BCUT2D eigenvalue weighted by molar-refractivity contribution is 5.86. The summed E-state index contributed by atoms with van der Waals surface area (Å²) in [5.74, 6) is 0.331. The molecule has 0 radical (unpaired) electrons. The van der Waals surface area contributed by atoms with Gasteiger partial charge in [0.1, 0.15) is 5.75 Å². The van der Waals surface area contributed by atoms with Crippen molar-refractivity contribution in [2.24, 2.45) is 5.41 Å². The first kappa shape index (κ1) is 16.5. The van der Waals surface area contributed by atoms with Crippen LogP contribution in [0.25, 0.3) is 10.8 Å². The summed E-state index contributed by atoms with van der Waals surface area (Å²) in [7, 11) is 0. The molecule has 0 atom stereocenters. The standard InChI is InChI=1S/C19H24O3/c1-6-18(2,3)17(20)22-16-10-8-13-11-15(19(4,5)21)9-7-14(13)12-16/h7-12,21H,6H2,1-5H3. The molecular weight excluding hydrogens is 276 g/mol. The summed E-state index contributed by atoms with van der Waals surface area (Å²) in [6.45, 7) is 9.26. The van der Waals surface area contributed by atoms with E-state index in [-0.39, 0.29) is 5.97 Å². The van der Waals surface area contributed by atoms with Crippen molar-refractivity contribution in [3.8, 4) is 5.75 Å². The van der Waals surface area contributed by atoms with Crippen molar-refractivity contribution < 1.29 is 14.6 Å². The predicted molar refractivity (Wildman–Crippen MR) is 88.9 cm³/mol. The fraction of sp³-hybridized carbons (Fsp3) is 0.421. The molecule has 0 bridgehead atoms. The van der Waals surface area contributed by atoms with Gasteiger partial charge in [-0.2, -0.15) is 0 Å². The Morgan fingerprint density at radius 3 is 2.23 bits per heavy atom. The molecule has 0 aromatic heterocycles. The molecule has 0 aliphatic rings. The number of carbonyl (C=O) groups is 1. The fourth-order valence-corrected chi connectivity index (χ4v) is 2.06. The molecule has 2 aromatic carbocycles. The molecule has 0 aliphatic heterocycles. The second-order valence-corrected chi connectivity index (χ2v) is 6.91. The minimum Gasteiger partial charge on any atom is -0.426 e. The molecule has 0 saturated heterocycles. The Bertz CT molecular complexity index is 693. The van der Waals surface area contributed by atoms with Gasteiger partial charge in [-0.05, 0) is 68.7 Å². The first-order valence-corrected chi connectivity index (χ1v) is 7.62. The Morgan fingerprint density at radius 1 is 1.05 bits per heavy atom. The molecule has 0 heterocycles. The third-order valence-corrected chi connectivity index (χ3v) is 4.17. The van der Waals surface area contributed by atoms with E-state index in [4.69, 9.17) is 4.74 Å². The summed E-state index contributed by atoms with van der Waals surface area (Å²) in [6.07, 6.45) is 0.731. The molecule has 0 amide bonds. The summed E-state index contributed by atoms with van der Waals surface area (Å²) in [5, 5.41) is 12.1. The van der Waals surface area contributed by atoms with Gasteiger partial charge in [-0.3, -0.25) is 4.79 Å². The van der Waals surface area contributed by atoms with Crippen LogP contribution in [0.2, 0.25) is 0 Å². The maximum atomic E-state index is 12.1. The van der Waals surface area contributed by atoms with E-state index in [0.29, 0.717) is 5.75 Å². The maximum Gasteiger partial charge on any atom is 0.316 e. The Kier molecular flexibility index (Phi) is 4.30. The average molecular weight is 300 g/mol. The van der Waals surface area contributed by atoms with E-state index in [1.165, 1.54) is 0 Å². The molecule has 0 fully saturated rings. The van der Waals surface area contributed by atoms with Gasteiger partial charge in [-0.15, -0.1) is 0 Å². The van der Waals surface area contributed by atoms with Crippen LogP contribution in [0.4, 0.5) is 0 Å². The SMILES string of the molecule is CCC(C)(C)C(=O)Oc1ccc2cc(C(C)(C)O)ccc2c1. The van der Waals surface area contributed by atoms with Gasteiger partial charge in [0.25, 0.3) is 0 Å². The van der Waals surface area contributed by atoms with Crippen molar-refractivity contribution in [3.63, 3.8) is 0 Å². The van der Waals surface area contributed by atoms with E-state index in [0.717, 1.165) is 22.8 Å². The van der Waals surface area contributed by atoms with Crippen LogP contribution in [0.5, 0.6) is 5.75 Å². The highest BCUT2D eigenvalue weighted by Crippen LogP contribution is 2.28. The zero-order chi connectivity index (χ0) is 16.5. The molecule has 1 N–H and O–H groups in total. The molecule has 0 unspecified atom stereocenters. The Balaban J connectivity index is 2.30. The zero-order valence-electron chi connectivity index (χ0n) is 13.9. The van der Waals surface area contributed by atoms with Crippen LogP contribution in [0.15, 0.2) is 36.4 Å². The second-order valence-electron chi connectivity index (χ2n) is 6.91. The molecule has 0 spiro atoms. The number of fused-ring (bicyclic) bond motifs is 1. The number of hydrogen-bond acceptors (Lipinski definition) is 3. The molecule has 22 heavy (non-hydrogen) atoms. The van der Waals surface area contributed by atoms with Crippen molar-refractivity contribution >= 4 is 16.7 Å². The quantitative estimate of drug-likeness (QED) is 0.672. The first-order chi connectivity index (χ1) is 10.1. The van der Waals surface area contributed by atoms with Crippen LogP contribution in [-0.2, 0) is 10.4 Å². The lowest BCUT2D eigenvalue weighted by molar-refractivity contribution is -0.144. The number of aliphatic hydroxyl groups is 1. The van der Waals surface area contributed by atoms with Gasteiger partial charge in [0.15, 0.2) is 0 Å². The van der Waals surface area contributed by atoms with E-state index in [1.807, 2.05) is 51.1 Å². The average Bonchev–Trinajstić information content (AvgIpc) is 2.45. The molecule has 2 aromatic rings. The third-order valence-electron chi connectivity index (χ3n) is 4.17. The minimum atomic E-state index is -0.871. The largest absolute Gasteiger partial charge is 0.426 e. The van der Waals surface area contributed by atoms with Crippen molar-refractivity contribution in [2.45, 2.75) is 46.6 Å². The van der Waals surface area contributed by atoms with Crippen LogP contribution in [0.3, 0.4) is 0 Å². The first-order valence-electron chi connectivity index (χ1n) is 7.62. The molecule has 0 aliphatic carbocycles. The molecule has 3 heteroatoms. The monoisotopic (exact) mass is 300 g/mol. The predicted octanol–water partition coefficient (Wildman–Crippen LogP) is 4.41. The van der Waals surface area contributed by atoms with Crippen molar-refractivity contribution in [1.29, 1.82) is 0 Å². The Hall–Kier alpha value is -1.87. The van der Waals surface area contributed by atoms with Crippen molar-refractivity contribution in [2.75, 3.05) is 0 Å². The van der Waals surface area contributed by atoms with Gasteiger partial charge in [-0.25, -0.2) is 0 Å². The van der Waals surface area contributed by atoms with E-state index in [1.54, 1.807) is 19.9 Å². The van der Waals surface area contributed by atoms with E-state index in [9.17, 15) is 9.90 Å². The number of esters is 1. The normalized spacial score (nSPS) is 12.5. The van der Waals surface area contributed by atoms with Crippen LogP contribution in [0.1, 0.15) is 46.6 Å². The maximum absolute atomic E-state index is 12.1. The van der Waals surface area contributed by atoms with Crippen LogP contribution < -0.4 is 4.74 Å². The minimum absolute atomic E-state index is 0.220. The number of rotatable bonds is 4. The summed E-state index contributed by atoms with van der Waals surface area (Å²) in [6, 6.07) is 11.3.